The topological polar surface area (TPSA) is 18.5 Å². The van der Waals surface area contributed by atoms with Gasteiger partial charge in [0.1, 0.15) is 5.82 Å². The van der Waals surface area contributed by atoms with Gasteiger partial charge in [-0.3, -0.25) is 0 Å². The van der Waals surface area contributed by atoms with Crippen molar-refractivity contribution in [1.29, 1.82) is 0 Å². The summed E-state index contributed by atoms with van der Waals surface area (Å²) in [7, 11) is -0.490. The Morgan fingerprint density at radius 3 is 2.12 bits per heavy atom. The van der Waals surface area contributed by atoms with E-state index in [1.54, 1.807) is 6.07 Å². The van der Waals surface area contributed by atoms with Crippen molar-refractivity contribution in [2.75, 3.05) is 0 Å². The number of hydrogen-bond donors (Lipinski definition) is 0. The quantitative estimate of drug-likeness (QED) is 0.697. The first-order valence-corrected chi connectivity index (χ1v) is 5.85. The molecule has 0 spiro atoms. The minimum absolute atomic E-state index is 0.264. The SMILES string of the molecule is Cc1ccc(F)cc1B1OC(C)(C)C(C)(C)O1. The number of hydrogen-bond acceptors (Lipinski definition) is 2. The number of benzene rings is 1. The van der Waals surface area contributed by atoms with Gasteiger partial charge in [-0.2, -0.15) is 0 Å². The molecular formula is C13H18BFO2. The van der Waals surface area contributed by atoms with Gasteiger partial charge in [0.2, 0.25) is 0 Å². The molecule has 92 valence electrons. The molecule has 1 saturated heterocycles. The van der Waals surface area contributed by atoms with E-state index in [0.717, 1.165) is 11.0 Å². The predicted molar refractivity (Wildman–Crippen MR) is 66.9 cm³/mol. The minimum Gasteiger partial charge on any atom is -0.399 e. The molecule has 0 N–H and O–H groups in total. The maximum absolute atomic E-state index is 13.3. The van der Waals surface area contributed by atoms with Crippen molar-refractivity contribution >= 4 is 12.6 Å². The van der Waals surface area contributed by atoms with Crippen LogP contribution in [-0.4, -0.2) is 18.3 Å². The van der Waals surface area contributed by atoms with Crippen LogP contribution in [0.3, 0.4) is 0 Å². The van der Waals surface area contributed by atoms with E-state index in [1.165, 1.54) is 12.1 Å². The fraction of sp³-hybridized carbons (Fsp3) is 0.538. The second-order valence-corrected chi connectivity index (χ2v) is 5.59. The standard InChI is InChI=1S/C13H18BFO2/c1-9-6-7-10(15)8-11(9)14-16-12(2,3)13(4,5)17-14/h6-8H,1-5H3. The summed E-state index contributed by atoms with van der Waals surface area (Å²) in [6, 6.07) is 4.68. The summed E-state index contributed by atoms with van der Waals surface area (Å²) in [4.78, 5) is 0. The molecule has 1 aliphatic rings. The monoisotopic (exact) mass is 236 g/mol. The Labute approximate surface area is 102 Å². The van der Waals surface area contributed by atoms with Gasteiger partial charge in [-0.1, -0.05) is 11.6 Å². The third kappa shape index (κ3) is 2.12. The number of aryl methyl sites for hydroxylation is 1. The average molecular weight is 236 g/mol. The van der Waals surface area contributed by atoms with Crippen LogP contribution in [0.4, 0.5) is 4.39 Å². The summed E-state index contributed by atoms with van der Waals surface area (Å²) in [5.41, 5.74) is 0.959. The third-order valence-corrected chi connectivity index (χ3v) is 3.75. The average Bonchev–Trinajstić information content (AvgIpc) is 2.40. The lowest BCUT2D eigenvalue weighted by atomic mass is 9.76. The highest BCUT2D eigenvalue weighted by Crippen LogP contribution is 2.36. The molecule has 1 heterocycles. The Morgan fingerprint density at radius 1 is 1.06 bits per heavy atom. The fourth-order valence-corrected chi connectivity index (χ4v) is 1.84. The van der Waals surface area contributed by atoms with Gasteiger partial charge < -0.3 is 9.31 Å². The molecule has 0 aromatic heterocycles. The highest BCUT2D eigenvalue weighted by atomic mass is 19.1. The molecule has 0 aliphatic carbocycles. The summed E-state index contributed by atoms with van der Waals surface area (Å²) < 4.78 is 25.1. The zero-order valence-corrected chi connectivity index (χ0v) is 11.0. The fourth-order valence-electron chi connectivity index (χ4n) is 1.84. The number of halogens is 1. The van der Waals surface area contributed by atoms with Crippen LogP contribution in [-0.2, 0) is 9.31 Å². The van der Waals surface area contributed by atoms with E-state index in [0.29, 0.717) is 0 Å². The summed E-state index contributed by atoms with van der Waals surface area (Å²) in [6.07, 6.45) is 0. The lowest BCUT2D eigenvalue weighted by molar-refractivity contribution is 0.00578. The maximum atomic E-state index is 13.3. The molecule has 1 aromatic rings. The van der Waals surface area contributed by atoms with E-state index >= 15 is 0 Å². The molecule has 1 fully saturated rings. The van der Waals surface area contributed by atoms with Gasteiger partial charge in [0.15, 0.2) is 0 Å². The van der Waals surface area contributed by atoms with Crippen LogP contribution in [0.5, 0.6) is 0 Å². The highest BCUT2D eigenvalue weighted by molar-refractivity contribution is 6.62. The van der Waals surface area contributed by atoms with Crippen molar-refractivity contribution in [2.45, 2.75) is 45.8 Å². The molecule has 0 atom stereocenters. The van der Waals surface area contributed by atoms with Crippen molar-refractivity contribution in [3.05, 3.63) is 29.6 Å². The van der Waals surface area contributed by atoms with E-state index in [1.807, 2.05) is 34.6 Å². The second kappa shape index (κ2) is 3.82. The van der Waals surface area contributed by atoms with Gasteiger partial charge >= 0.3 is 7.12 Å². The van der Waals surface area contributed by atoms with E-state index < -0.39 is 18.3 Å². The summed E-state index contributed by atoms with van der Waals surface area (Å²) >= 11 is 0. The normalized spacial score (nSPS) is 21.9. The molecule has 1 aromatic carbocycles. The van der Waals surface area contributed by atoms with Crippen molar-refractivity contribution in [3.63, 3.8) is 0 Å². The van der Waals surface area contributed by atoms with Crippen molar-refractivity contribution in [3.8, 4) is 0 Å². The van der Waals surface area contributed by atoms with Gasteiger partial charge in [0, 0.05) is 0 Å². The van der Waals surface area contributed by atoms with Crippen LogP contribution in [0.2, 0.25) is 0 Å². The van der Waals surface area contributed by atoms with Crippen molar-refractivity contribution in [2.24, 2.45) is 0 Å². The summed E-state index contributed by atoms with van der Waals surface area (Å²) in [5, 5.41) is 0. The van der Waals surface area contributed by atoms with E-state index in [-0.39, 0.29) is 5.82 Å². The first-order chi connectivity index (χ1) is 7.73. The number of rotatable bonds is 1. The van der Waals surface area contributed by atoms with E-state index in [2.05, 4.69) is 0 Å². The van der Waals surface area contributed by atoms with Crippen molar-refractivity contribution in [1.82, 2.24) is 0 Å². The van der Waals surface area contributed by atoms with Crippen LogP contribution in [0.15, 0.2) is 18.2 Å². The van der Waals surface area contributed by atoms with Crippen LogP contribution in [0.1, 0.15) is 33.3 Å². The third-order valence-electron chi connectivity index (χ3n) is 3.75. The lowest BCUT2D eigenvalue weighted by Crippen LogP contribution is -2.41. The van der Waals surface area contributed by atoms with Gasteiger partial charge in [-0.05, 0) is 52.2 Å². The van der Waals surface area contributed by atoms with E-state index in [4.69, 9.17) is 9.31 Å². The van der Waals surface area contributed by atoms with Gasteiger partial charge in [-0.15, -0.1) is 0 Å². The molecule has 4 heteroatoms. The molecule has 0 bridgehead atoms. The first-order valence-electron chi connectivity index (χ1n) is 5.85. The first kappa shape index (κ1) is 12.6. The molecule has 17 heavy (non-hydrogen) atoms. The Hall–Kier alpha value is -0.865. The van der Waals surface area contributed by atoms with Crippen molar-refractivity contribution < 1.29 is 13.7 Å². The second-order valence-electron chi connectivity index (χ2n) is 5.59. The molecule has 0 radical (unpaired) electrons. The van der Waals surface area contributed by atoms with Crippen LogP contribution < -0.4 is 5.46 Å². The predicted octanol–water partition coefficient (Wildman–Crippen LogP) is 2.43. The smallest absolute Gasteiger partial charge is 0.399 e. The molecule has 0 amide bonds. The van der Waals surface area contributed by atoms with E-state index in [9.17, 15) is 4.39 Å². The molecule has 2 nitrogen and oxygen atoms in total. The molecule has 1 aliphatic heterocycles. The summed E-state index contributed by atoms with van der Waals surface area (Å²) in [5.74, 6) is -0.264. The van der Waals surface area contributed by atoms with Gasteiger partial charge in [0.25, 0.3) is 0 Å². The van der Waals surface area contributed by atoms with Gasteiger partial charge in [0.05, 0.1) is 11.2 Å². The Kier molecular flexibility index (Phi) is 2.83. The molecule has 0 unspecified atom stereocenters. The highest BCUT2D eigenvalue weighted by Gasteiger charge is 2.52. The van der Waals surface area contributed by atoms with Crippen LogP contribution in [0.25, 0.3) is 0 Å². The minimum atomic E-state index is -0.490. The Balaban J connectivity index is 2.35. The zero-order valence-electron chi connectivity index (χ0n) is 11.0. The largest absolute Gasteiger partial charge is 0.495 e. The van der Waals surface area contributed by atoms with Gasteiger partial charge in [-0.25, -0.2) is 4.39 Å². The molecule has 0 saturated carbocycles. The van der Waals surface area contributed by atoms with Crippen LogP contribution >= 0.6 is 0 Å². The summed E-state index contributed by atoms with van der Waals surface area (Å²) in [6.45, 7) is 9.88. The molecule has 2 rings (SSSR count). The zero-order chi connectivity index (χ0) is 12.8. The molecular weight excluding hydrogens is 218 g/mol. The van der Waals surface area contributed by atoms with Crippen LogP contribution in [0, 0.1) is 12.7 Å². The Bertz CT molecular complexity index is 427. The Morgan fingerprint density at radius 2 is 1.59 bits per heavy atom. The maximum Gasteiger partial charge on any atom is 0.495 e. The lowest BCUT2D eigenvalue weighted by Gasteiger charge is -2.32.